The number of carbonyl (C=O) groups is 1. The Bertz CT molecular complexity index is 385. The lowest BCUT2D eigenvalue weighted by molar-refractivity contribution is -0.141. The number of halogens is 1. The van der Waals surface area contributed by atoms with Crippen LogP contribution in [0.4, 0.5) is 0 Å². The van der Waals surface area contributed by atoms with Crippen LogP contribution in [0.3, 0.4) is 0 Å². The number of benzene rings is 1. The number of ether oxygens (including phenoxy) is 2. The Balaban J connectivity index is 1.87. The van der Waals surface area contributed by atoms with E-state index in [2.05, 4.69) is 15.9 Å². The molecule has 4 nitrogen and oxygen atoms in total. The summed E-state index contributed by atoms with van der Waals surface area (Å²) in [7, 11) is 0. The number of morpholine rings is 1. The Morgan fingerprint density at radius 3 is 2.94 bits per heavy atom. The van der Waals surface area contributed by atoms with E-state index in [4.69, 9.17) is 9.47 Å². The number of nitrogens with zero attached hydrogens (tertiary/aromatic N) is 1. The normalized spacial score (nSPS) is 19.6. The van der Waals surface area contributed by atoms with Crippen molar-refractivity contribution in [2.24, 2.45) is 0 Å². The number of hydrogen-bond acceptors (Lipinski definition) is 3. The fraction of sp³-hybridized carbons (Fsp3) is 0.462. The second-order valence-electron chi connectivity index (χ2n) is 4.07. The molecule has 0 bridgehead atoms. The van der Waals surface area contributed by atoms with Crippen molar-refractivity contribution in [1.82, 2.24) is 4.90 Å². The summed E-state index contributed by atoms with van der Waals surface area (Å²) in [6.07, 6.45) is 0. The van der Waals surface area contributed by atoms with Crippen LogP contribution in [-0.4, -0.2) is 48.5 Å². The Labute approximate surface area is 115 Å². The van der Waals surface area contributed by atoms with Gasteiger partial charge < -0.3 is 14.4 Å². The maximum Gasteiger partial charge on any atom is 0.260 e. The van der Waals surface area contributed by atoms with Gasteiger partial charge in [0.1, 0.15) is 5.75 Å². The lowest BCUT2D eigenvalue weighted by Crippen LogP contribution is -2.51. The Morgan fingerprint density at radius 2 is 2.22 bits per heavy atom. The molecule has 1 aliphatic rings. The van der Waals surface area contributed by atoms with E-state index in [0.29, 0.717) is 19.8 Å². The summed E-state index contributed by atoms with van der Waals surface area (Å²) in [6.45, 7) is 1.89. The first kappa shape index (κ1) is 13.4. The van der Waals surface area contributed by atoms with Crippen LogP contribution < -0.4 is 4.74 Å². The molecule has 18 heavy (non-hydrogen) atoms. The van der Waals surface area contributed by atoms with Crippen LogP contribution in [0.5, 0.6) is 5.75 Å². The lowest BCUT2D eigenvalue weighted by atomic mass is 10.2. The van der Waals surface area contributed by atoms with E-state index in [0.717, 1.165) is 11.1 Å². The van der Waals surface area contributed by atoms with Crippen molar-refractivity contribution in [3.05, 3.63) is 30.3 Å². The molecule has 0 aromatic heterocycles. The molecule has 1 heterocycles. The van der Waals surface area contributed by atoms with Gasteiger partial charge in [0.25, 0.3) is 5.91 Å². The third-order valence-corrected chi connectivity index (χ3v) is 3.58. The van der Waals surface area contributed by atoms with E-state index in [-0.39, 0.29) is 18.6 Å². The van der Waals surface area contributed by atoms with E-state index in [1.54, 1.807) is 0 Å². The number of rotatable bonds is 4. The van der Waals surface area contributed by atoms with Gasteiger partial charge in [-0.25, -0.2) is 0 Å². The molecule has 0 spiro atoms. The van der Waals surface area contributed by atoms with E-state index in [1.807, 2.05) is 35.2 Å². The molecule has 1 aromatic carbocycles. The minimum Gasteiger partial charge on any atom is -0.484 e. The number of carbonyl (C=O) groups excluding carboxylic acids is 1. The number of alkyl halides is 1. The zero-order valence-corrected chi connectivity index (χ0v) is 11.6. The number of para-hydroxylation sites is 1. The van der Waals surface area contributed by atoms with Crippen molar-refractivity contribution in [3.8, 4) is 5.75 Å². The average molecular weight is 314 g/mol. The number of amides is 1. The zero-order chi connectivity index (χ0) is 12.8. The van der Waals surface area contributed by atoms with Crippen LogP contribution >= 0.6 is 15.9 Å². The molecule has 98 valence electrons. The van der Waals surface area contributed by atoms with Crippen LogP contribution in [0.15, 0.2) is 30.3 Å². The lowest BCUT2D eigenvalue weighted by Gasteiger charge is -2.34. The van der Waals surface area contributed by atoms with Crippen molar-refractivity contribution < 1.29 is 14.3 Å². The summed E-state index contributed by atoms with van der Waals surface area (Å²) in [5.41, 5.74) is 0. The van der Waals surface area contributed by atoms with E-state index >= 15 is 0 Å². The van der Waals surface area contributed by atoms with Gasteiger partial charge in [0, 0.05) is 11.9 Å². The molecule has 0 radical (unpaired) electrons. The van der Waals surface area contributed by atoms with Gasteiger partial charge in [-0.1, -0.05) is 34.1 Å². The first-order valence-corrected chi connectivity index (χ1v) is 7.04. The molecule has 5 heteroatoms. The summed E-state index contributed by atoms with van der Waals surface area (Å²) < 4.78 is 10.8. The van der Waals surface area contributed by atoms with Gasteiger partial charge in [-0.15, -0.1) is 0 Å². The first-order valence-electron chi connectivity index (χ1n) is 5.92. The molecule has 1 atom stereocenters. The fourth-order valence-corrected chi connectivity index (χ4v) is 2.39. The van der Waals surface area contributed by atoms with Crippen LogP contribution in [0.1, 0.15) is 0 Å². The smallest absolute Gasteiger partial charge is 0.260 e. The molecule has 1 aromatic rings. The van der Waals surface area contributed by atoms with Gasteiger partial charge in [0.05, 0.1) is 19.3 Å². The van der Waals surface area contributed by atoms with Crippen molar-refractivity contribution in [1.29, 1.82) is 0 Å². The summed E-state index contributed by atoms with van der Waals surface area (Å²) in [6, 6.07) is 9.47. The Morgan fingerprint density at radius 1 is 1.44 bits per heavy atom. The largest absolute Gasteiger partial charge is 0.484 e. The topological polar surface area (TPSA) is 38.8 Å². The van der Waals surface area contributed by atoms with Crippen LogP contribution in [0.2, 0.25) is 0 Å². The van der Waals surface area contributed by atoms with Crippen molar-refractivity contribution >= 4 is 21.8 Å². The van der Waals surface area contributed by atoms with Gasteiger partial charge in [-0.2, -0.15) is 0 Å². The molecule has 1 saturated heterocycles. The monoisotopic (exact) mass is 313 g/mol. The number of hydrogen-bond donors (Lipinski definition) is 0. The minimum atomic E-state index is 0.00611. The third kappa shape index (κ3) is 3.46. The van der Waals surface area contributed by atoms with Crippen LogP contribution in [-0.2, 0) is 9.53 Å². The van der Waals surface area contributed by atoms with Crippen molar-refractivity contribution in [3.63, 3.8) is 0 Å². The Kier molecular flexibility index (Phi) is 5.01. The standard InChI is InChI=1S/C13H16BrNO3/c14-8-11-9-17-7-6-15(11)13(16)10-18-12-4-2-1-3-5-12/h1-5,11H,6-10H2. The molecule has 1 aliphatic heterocycles. The molecule has 0 saturated carbocycles. The predicted octanol–water partition coefficient (Wildman–Crippen LogP) is 1.69. The van der Waals surface area contributed by atoms with Gasteiger partial charge >= 0.3 is 0 Å². The first-order chi connectivity index (χ1) is 8.81. The van der Waals surface area contributed by atoms with E-state index in [9.17, 15) is 4.79 Å². The van der Waals surface area contributed by atoms with Crippen molar-refractivity contribution in [2.45, 2.75) is 6.04 Å². The van der Waals surface area contributed by atoms with E-state index < -0.39 is 0 Å². The maximum absolute atomic E-state index is 12.1. The molecular formula is C13H16BrNO3. The van der Waals surface area contributed by atoms with Crippen LogP contribution in [0.25, 0.3) is 0 Å². The molecular weight excluding hydrogens is 298 g/mol. The highest BCUT2D eigenvalue weighted by atomic mass is 79.9. The Hall–Kier alpha value is -1.07. The molecule has 1 amide bonds. The van der Waals surface area contributed by atoms with Gasteiger partial charge in [0.15, 0.2) is 6.61 Å². The van der Waals surface area contributed by atoms with E-state index in [1.165, 1.54) is 0 Å². The summed E-state index contributed by atoms with van der Waals surface area (Å²) >= 11 is 3.40. The second kappa shape index (κ2) is 6.75. The minimum absolute atomic E-state index is 0.00611. The molecule has 1 unspecified atom stereocenters. The van der Waals surface area contributed by atoms with Gasteiger partial charge in [-0.05, 0) is 12.1 Å². The molecule has 1 fully saturated rings. The molecule has 2 rings (SSSR count). The summed E-state index contributed by atoms with van der Waals surface area (Å²) in [4.78, 5) is 13.9. The van der Waals surface area contributed by atoms with Crippen LogP contribution in [0, 0.1) is 0 Å². The molecule has 0 N–H and O–H groups in total. The summed E-state index contributed by atoms with van der Waals surface area (Å²) in [5.74, 6) is 0.723. The summed E-state index contributed by atoms with van der Waals surface area (Å²) in [5, 5.41) is 0.726. The zero-order valence-electron chi connectivity index (χ0n) is 10.0. The maximum atomic E-state index is 12.1. The second-order valence-corrected chi connectivity index (χ2v) is 4.72. The van der Waals surface area contributed by atoms with Gasteiger partial charge in [-0.3, -0.25) is 4.79 Å². The quantitative estimate of drug-likeness (QED) is 0.794. The third-order valence-electron chi connectivity index (χ3n) is 2.83. The highest BCUT2D eigenvalue weighted by molar-refractivity contribution is 9.09. The predicted molar refractivity (Wildman–Crippen MR) is 72.1 cm³/mol. The fourth-order valence-electron chi connectivity index (χ4n) is 1.86. The van der Waals surface area contributed by atoms with Crippen molar-refractivity contribution in [2.75, 3.05) is 31.7 Å². The van der Waals surface area contributed by atoms with Gasteiger partial charge in [0.2, 0.25) is 0 Å². The highest BCUT2D eigenvalue weighted by Crippen LogP contribution is 2.12. The highest BCUT2D eigenvalue weighted by Gasteiger charge is 2.26. The average Bonchev–Trinajstić information content (AvgIpc) is 2.45. The molecule has 0 aliphatic carbocycles. The SMILES string of the molecule is O=C(COc1ccccc1)N1CCOCC1CBr.